The summed E-state index contributed by atoms with van der Waals surface area (Å²) in [6.07, 6.45) is 0.285. The van der Waals surface area contributed by atoms with Crippen molar-refractivity contribution in [1.82, 2.24) is 15.0 Å². The van der Waals surface area contributed by atoms with Gasteiger partial charge in [-0.05, 0) is 48.8 Å². The van der Waals surface area contributed by atoms with Gasteiger partial charge < -0.3 is 23.6 Å². The number of nitrogens with zero attached hydrogens (tertiary/aromatic N) is 5. The lowest BCUT2D eigenvalue weighted by Gasteiger charge is -2.31. The van der Waals surface area contributed by atoms with E-state index in [9.17, 15) is 14.7 Å². The Morgan fingerprint density at radius 2 is 1.83 bits per heavy atom. The first-order valence-corrected chi connectivity index (χ1v) is 19.0. The number of ether oxygens (including phenoxy) is 2. The number of para-hydroxylation sites is 1. The van der Waals surface area contributed by atoms with Crippen molar-refractivity contribution in [2.45, 2.75) is 62.9 Å². The fraction of sp³-hybridized carbons (Fsp3) is 0.371. The van der Waals surface area contributed by atoms with Crippen LogP contribution < -0.4 is 9.80 Å². The SMILES string of the molecule is C[C@H]1[C@H]([Si](C)(C)F)[C@@H](CCn2cc([C@H](O)c3ccccc3)nn2)O[C@]12C(=O)N(Cc1cccc(N3CCOC3=O)c1)c1ccccc12. The maximum Gasteiger partial charge on any atom is 0.414 e. The third-order valence-electron chi connectivity index (χ3n) is 9.79. The Kier molecular flexibility index (Phi) is 7.97. The second-order valence-corrected chi connectivity index (χ2v) is 16.9. The molecule has 0 unspecified atom stereocenters. The second-order valence-electron chi connectivity index (χ2n) is 13.1. The fourth-order valence-electron chi connectivity index (χ4n) is 7.68. The van der Waals surface area contributed by atoms with Crippen LogP contribution >= 0.6 is 0 Å². The standard InChI is InChI=1S/C35H38FN5O5Si/c1-23-32(47(2,3)36)30(16-17-39-22-28(37-38-39)31(42)25-11-5-4-6-12-25)46-35(23)27-14-7-8-15-29(27)41(33(35)43)21-24-10-9-13-26(20-24)40-18-19-45-34(40)44/h4-15,20,22-23,30-32,42H,16-19,21H2,1-3H3/t23-,30+,31+,32-,35+/m0/s1. The molecular weight excluding hydrogens is 617 g/mol. The largest absolute Gasteiger partial charge is 0.447 e. The molecule has 1 N–H and O–H groups in total. The summed E-state index contributed by atoms with van der Waals surface area (Å²) in [5, 5.41) is 19.2. The topological polar surface area (TPSA) is 110 Å². The van der Waals surface area contributed by atoms with Crippen LogP contribution in [0.25, 0.3) is 0 Å². The highest BCUT2D eigenvalue weighted by atomic mass is 28.4. The molecule has 12 heteroatoms. The molecule has 47 heavy (non-hydrogen) atoms. The minimum atomic E-state index is -3.35. The number of aliphatic hydroxyl groups excluding tert-OH is 1. The van der Waals surface area contributed by atoms with Crippen molar-refractivity contribution >= 4 is 31.8 Å². The average Bonchev–Trinajstić information content (AvgIpc) is 3.83. The molecule has 1 aromatic heterocycles. The van der Waals surface area contributed by atoms with E-state index < -0.39 is 37.7 Å². The maximum atomic E-state index is 16.2. The van der Waals surface area contributed by atoms with Crippen LogP contribution in [0.2, 0.25) is 18.6 Å². The first-order chi connectivity index (χ1) is 22.6. The van der Waals surface area contributed by atoms with E-state index in [1.54, 1.807) is 33.8 Å². The number of hydrogen-bond donors (Lipinski definition) is 1. The smallest absolute Gasteiger partial charge is 0.414 e. The summed E-state index contributed by atoms with van der Waals surface area (Å²) in [4.78, 5) is 30.2. The molecule has 3 aliphatic rings. The maximum absolute atomic E-state index is 16.2. The molecule has 2 saturated heterocycles. The minimum absolute atomic E-state index is 0.211. The minimum Gasteiger partial charge on any atom is -0.447 e. The van der Waals surface area contributed by atoms with Crippen molar-refractivity contribution < 1.29 is 28.3 Å². The van der Waals surface area contributed by atoms with E-state index >= 15 is 4.11 Å². The fourth-order valence-corrected chi connectivity index (χ4v) is 10.2. The summed E-state index contributed by atoms with van der Waals surface area (Å²) in [6.45, 7) is 6.77. The van der Waals surface area contributed by atoms with E-state index in [0.29, 0.717) is 43.1 Å². The zero-order valence-electron chi connectivity index (χ0n) is 26.6. The van der Waals surface area contributed by atoms with Gasteiger partial charge in [0.15, 0.2) is 5.60 Å². The van der Waals surface area contributed by atoms with Crippen LogP contribution in [-0.2, 0) is 33.0 Å². The Bertz CT molecular complexity index is 1800. The summed E-state index contributed by atoms with van der Waals surface area (Å²) in [5.74, 6) is -0.633. The number of aryl methyl sites for hydroxylation is 1. The first kappa shape index (κ1) is 31.2. The van der Waals surface area contributed by atoms with Crippen LogP contribution in [0.4, 0.5) is 20.3 Å². The van der Waals surface area contributed by atoms with Gasteiger partial charge in [0.1, 0.15) is 18.4 Å². The molecule has 7 rings (SSSR count). The van der Waals surface area contributed by atoms with E-state index in [0.717, 1.165) is 16.8 Å². The Balaban J connectivity index is 1.15. The summed E-state index contributed by atoms with van der Waals surface area (Å²) >= 11 is 0. The molecule has 3 aliphatic heterocycles. The number of anilines is 2. The Morgan fingerprint density at radius 1 is 1.06 bits per heavy atom. The van der Waals surface area contributed by atoms with Gasteiger partial charge in [0.05, 0.1) is 31.1 Å². The summed E-state index contributed by atoms with van der Waals surface area (Å²) in [6, 6.07) is 24.4. The highest BCUT2D eigenvalue weighted by molar-refractivity contribution is 6.72. The van der Waals surface area contributed by atoms with E-state index in [1.807, 2.05) is 85.8 Å². The van der Waals surface area contributed by atoms with Crippen molar-refractivity contribution in [3.63, 3.8) is 0 Å². The van der Waals surface area contributed by atoms with Gasteiger partial charge in [-0.3, -0.25) is 14.4 Å². The molecule has 0 radical (unpaired) electrons. The number of benzene rings is 3. The molecule has 2 amide bonds. The number of hydrogen-bond acceptors (Lipinski definition) is 7. The van der Waals surface area contributed by atoms with Crippen LogP contribution in [0.3, 0.4) is 0 Å². The second kappa shape index (κ2) is 12.0. The van der Waals surface area contributed by atoms with Crippen LogP contribution in [0.5, 0.6) is 0 Å². The highest BCUT2D eigenvalue weighted by Crippen LogP contribution is 2.60. The molecule has 0 bridgehead atoms. The number of rotatable bonds is 9. The van der Waals surface area contributed by atoms with Crippen LogP contribution in [0, 0.1) is 5.92 Å². The molecular formula is C35H38FN5O5Si. The van der Waals surface area contributed by atoms with Gasteiger partial charge in [0.25, 0.3) is 5.91 Å². The monoisotopic (exact) mass is 655 g/mol. The van der Waals surface area contributed by atoms with Gasteiger partial charge in [0.2, 0.25) is 8.41 Å². The third kappa shape index (κ3) is 5.43. The Labute approximate surface area is 273 Å². The molecule has 10 nitrogen and oxygen atoms in total. The quantitative estimate of drug-likeness (QED) is 0.181. The number of aromatic nitrogens is 3. The normalized spacial score (nSPS) is 24.7. The van der Waals surface area contributed by atoms with Gasteiger partial charge >= 0.3 is 6.09 Å². The number of carbonyl (C=O) groups is 2. The van der Waals surface area contributed by atoms with Gasteiger partial charge in [-0.25, -0.2) is 4.79 Å². The van der Waals surface area contributed by atoms with Gasteiger partial charge in [-0.15, -0.1) is 5.10 Å². The number of carbonyl (C=O) groups excluding carboxylic acids is 2. The predicted molar refractivity (Wildman–Crippen MR) is 176 cm³/mol. The van der Waals surface area contributed by atoms with Crippen molar-refractivity contribution in [3.8, 4) is 0 Å². The van der Waals surface area contributed by atoms with Crippen molar-refractivity contribution in [2.24, 2.45) is 5.92 Å². The molecule has 244 valence electrons. The van der Waals surface area contributed by atoms with Gasteiger partial charge in [-0.1, -0.05) is 72.8 Å². The molecule has 5 atom stereocenters. The van der Waals surface area contributed by atoms with Crippen molar-refractivity contribution in [1.29, 1.82) is 0 Å². The third-order valence-corrected chi connectivity index (χ3v) is 12.2. The molecule has 2 fully saturated rings. The highest BCUT2D eigenvalue weighted by Gasteiger charge is 2.66. The Morgan fingerprint density at radius 3 is 2.57 bits per heavy atom. The van der Waals surface area contributed by atoms with Crippen LogP contribution in [-0.4, -0.2) is 59.8 Å². The lowest BCUT2D eigenvalue weighted by Crippen LogP contribution is -2.45. The number of halogens is 1. The molecule has 4 aromatic rings. The first-order valence-electron chi connectivity index (χ1n) is 16.0. The molecule has 0 saturated carbocycles. The molecule has 4 heterocycles. The zero-order valence-corrected chi connectivity index (χ0v) is 27.6. The van der Waals surface area contributed by atoms with Crippen LogP contribution in [0.15, 0.2) is 85.1 Å². The summed E-state index contributed by atoms with van der Waals surface area (Å²) in [5.41, 5.74) is 2.39. The number of amides is 2. The lowest BCUT2D eigenvalue weighted by molar-refractivity contribution is -0.146. The van der Waals surface area contributed by atoms with Crippen molar-refractivity contribution in [2.75, 3.05) is 23.0 Å². The van der Waals surface area contributed by atoms with E-state index in [2.05, 4.69) is 10.3 Å². The van der Waals surface area contributed by atoms with E-state index in [1.165, 1.54) is 0 Å². The average molecular weight is 656 g/mol. The van der Waals surface area contributed by atoms with E-state index in [-0.39, 0.29) is 18.5 Å². The zero-order chi connectivity index (χ0) is 32.9. The molecule has 3 aromatic carbocycles. The summed E-state index contributed by atoms with van der Waals surface area (Å²) < 4.78 is 29.9. The lowest BCUT2D eigenvalue weighted by atomic mass is 9.82. The predicted octanol–water partition coefficient (Wildman–Crippen LogP) is 5.73. The summed E-state index contributed by atoms with van der Waals surface area (Å²) in [7, 11) is -3.35. The number of cyclic esters (lactones) is 1. The van der Waals surface area contributed by atoms with Crippen molar-refractivity contribution in [3.05, 3.63) is 107 Å². The van der Waals surface area contributed by atoms with Gasteiger partial charge in [0, 0.05) is 29.3 Å². The number of fused-ring (bicyclic) bond motifs is 2. The van der Waals surface area contributed by atoms with Crippen LogP contribution in [0.1, 0.15) is 41.8 Å². The molecule has 0 aliphatic carbocycles. The molecule has 1 spiro atoms. The van der Waals surface area contributed by atoms with Gasteiger partial charge in [-0.2, -0.15) is 0 Å². The Hall–Kier alpha value is -4.39. The number of aliphatic hydroxyl groups is 1. The van der Waals surface area contributed by atoms with E-state index in [4.69, 9.17) is 9.47 Å².